The molecule has 1 heterocycles. The third kappa shape index (κ3) is 2.28. The molecule has 1 saturated heterocycles. The van der Waals surface area contributed by atoms with E-state index >= 15 is 0 Å². The minimum absolute atomic E-state index is 0.0485. The molecular weight excluding hydrogens is 227 g/mol. The number of rotatable bonds is 1. The van der Waals surface area contributed by atoms with Gasteiger partial charge >= 0.3 is 7.12 Å². The third-order valence-electron chi connectivity index (χ3n) is 4.37. The Morgan fingerprint density at radius 2 is 1.56 bits per heavy atom. The van der Waals surface area contributed by atoms with Gasteiger partial charge < -0.3 is 9.31 Å². The molecule has 1 fully saturated rings. The van der Waals surface area contributed by atoms with Crippen molar-refractivity contribution < 1.29 is 14.1 Å². The van der Waals surface area contributed by atoms with Crippen molar-refractivity contribution >= 4 is 12.9 Å². The average molecular weight is 250 g/mol. The van der Waals surface area contributed by atoms with Crippen LogP contribution in [0.15, 0.2) is 11.5 Å². The van der Waals surface area contributed by atoms with Crippen molar-refractivity contribution in [3.05, 3.63) is 11.5 Å². The van der Waals surface area contributed by atoms with Gasteiger partial charge in [-0.1, -0.05) is 19.9 Å². The third-order valence-corrected chi connectivity index (χ3v) is 4.37. The summed E-state index contributed by atoms with van der Waals surface area (Å²) >= 11 is 0. The Morgan fingerprint density at radius 1 is 1.06 bits per heavy atom. The lowest BCUT2D eigenvalue weighted by atomic mass is 9.66. The van der Waals surface area contributed by atoms with Crippen LogP contribution >= 0.6 is 0 Å². The second-order valence-corrected chi connectivity index (χ2v) is 7.10. The van der Waals surface area contributed by atoms with E-state index in [1.807, 2.05) is 33.8 Å². The number of allylic oxidation sites excluding steroid dienone is 2. The van der Waals surface area contributed by atoms with Crippen LogP contribution in [0.3, 0.4) is 0 Å². The lowest BCUT2D eigenvalue weighted by Gasteiger charge is -2.32. The van der Waals surface area contributed by atoms with Gasteiger partial charge in [-0.2, -0.15) is 0 Å². The van der Waals surface area contributed by atoms with Crippen LogP contribution in [-0.4, -0.2) is 24.1 Å². The van der Waals surface area contributed by atoms with Gasteiger partial charge in [-0.25, -0.2) is 0 Å². The van der Waals surface area contributed by atoms with Gasteiger partial charge in [0.15, 0.2) is 5.78 Å². The van der Waals surface area contributed by atoms with Crippen molar-refractivity contribution in [2.75, 3.05) is 0 Å². The molecule has 0 radical (unpaired) electrons. The molecule has 0 saturated carbocycles. The van der Waals surface area contributed by atoms with Crippen LogP contribution in [0.1, 0.15) is 54.4 Å². The first-order chi connectivity index (χ1) is 8.04. The molecule has 2 rings (SSSR count). The minimum Gasteiger partial charge on any atom is -0.399 e. The first kappa shape index (κ1) is 13.8. The smallest absolute Gasteiger partial charge is 0.399 e. The lowest BCUT2D eigenvalue weighted by Crippen LogP contribution is -2.41. The van der Waals surface area contributed by atoms with E-state index in [0.29, 0.717) is 11.9 Å². The van der Waals surface area contributed by atoms with Crippen LogP contribution in [0, 0.1) is 5.41 Å². The van der Waals surface area contributed by atoms with E-state index in [1.165, 1.54) is 0 Å². The summed E-state index contributed by atoms with van der Waals surface area (Å²) in [6.45, 7) is 12.3. The molecule has 0 aromatic heterocycles. The van der Waals surface area contributed by atoms with Crippen LogP contribution in [0.2, 0.25) is 0 Å². The topological polar surface area (TPSA) is 35.5 Å². The Hall–Kier alpha value is -0.605. The molecule has 0 spiro atoms. The van der Waals surface area contributed by atoms with Crippen LogP contribution in [0.5, 0.6) is 0 Å². The van der Waals surface area contributed by atoms with Gasteiger partial charge in [0.1, 0.15) is 0 Å². The highest BCUT2D eigenvalue weighted by Gasteiger charge is 2.54. The number of Topliss-reactive ketones (excluding diaryl/α,β-unsaturated/α-hetero) is 1. The van der Waals surface area contributed by atoms with Crippen molar-refractivity contribution in [1.29, 1.82) is 0 Å². The Kier molecular flexibility index (Phi) is 3.03. The Labute approximate surface area is 110 Å². The standard InChI is InChI=1S/C14H23BO3/c1-12(2)8-7-11(16)10(9-12)15-17-13(3,4)14(5,6)18-15/h9H,7-8H2,1-6H3. The van der Waals surface area contributed by atoms with Gasteiger partial charge in [0.2, 0.25) is 0 Å². The second-order valence-electron chi connectivity index (χ2n) is 7.10. The van der Waals surface area contributed by atoms with Gasteiger partial charge in [-0.05, 0) is 39.5 Å². The zero-order valence-corrected chi connectivity index (χ0v) is 12.3. The van der Waals surface area contributed by atoms with Gasteiger partial charge in [0, 0.05) is 11.9 Å². The fourth-order valence-electron chi connectivity index (χ4n) is 2.32. The van der Waals surface area contributed by atoms with Crippen molar-refractivity contribution in [1.82, 2.24) is 0 Å². The fraction of sp³-hybridized carbons (Fsp3) is 0.786. The highest BCUT2D eigenvalue weighted by molar-refractivity contribution is 6.62. The number of carbonyl (C=O) groups is 1. The number of carbonyl (C=O) groups excluding carboxylic acids is 1. The van der Waals surface area contributed by atoms with Crippen LogP contribution < -0.4 is 0 Å². The summed E-state index contributed by atoms with van der Waals surface area (Å²) in [6, 6.07) is 0. The molecule has 0 aromatic rings. The monoisotopic (exact) mass is 250 g/mol. The molecule has 0 N–H and O–H groups in total. The maximum absolute atomic E-state index is 12.1. The first-order valence-corrected chi connectivity index (χ1v) is 6.66. The Morgan fingerprint density at radius 3 is 2.06 bits per heavy atom. The zero-order chi connectivity index (χ0) is 13.8. The summed E-state index contributed by atoms with van der Waals surface area (Å²) in [7, 11) is -0.512. The SMILES string of the molecule is CC1(C)C=C(B2OC(C)(C)C(C)(C)O2)C(=O)CC1. The highest BCUT2D eigenvalue weighted by atomic mass is 16.7. The molecule has 0 atom stereocenters. The lowest BCUT2D eigenvalue weighted by molar-refractivity contribution is -0.116. The predicted molar refractivity (Wildman–Crippen MR) is 72.2 cm³/mol. The summed E-state index contributed by atoms with van der Waals surface area (Å²) in [6.07, 6.45) is 3.51. The Balaban J connectivity index is 2.29. The molecule has 18 heavy (non-hydrogen) atoms. The molecular formula is C14H23BO3. The van der Waals surface area contributed by atoms with E-state index in [4.69, 9.17) is 9.31 Å². The largest absolute Gasteiger partial charge is 0.498 e. The molecule has 4 heteroatoms. The summed E-state index contributed by atoms with van der Waals surface area (Å²) < 4.78 is 11.9. The van der Waals surface area contributed by atoms with Crippen LogP contribution in [-0.2, 0) is 14.1 Å². The quantitative estimate of drug-likeness (QED) is 0.671. The molecule has 100 valence electrons. The molecule has 0 bridgehead atoms. The van der Waals surface area contributed by atoms with E-state index in [1.54, 1.807) is 0 Å². The molecule has 0 amide bonds. The number of ketones is 1. The summed E-state index contributed by atoms with van der Waals surface area (Å²) in [5, 5.41) is 0. The maximum Gasteiger partial charge on any atom is 0.498 e. The predicted octanol–water partition coefficient (Wildman–Crippen LogP) is 2.93. The van der Waals surface area contributed by atoms with Gasteiger partial charge in [-0.3, -0.25) is 4.79 Å². The first-order valence-electron chi connectivity index (χ1n) is 6.66. The zero-order valence-electron chi connectivity index (χ0n) is 12.3. The van der Waals surface area contributed by atoms with E-state index < -0.39 is 7.12 Å². The summed E-state index contributed by atoms with van der Waals surface area (Å²) in [5.74, 6) is 0.160. The van der Waals surface area contributed by atoms with E-state index in [-0.39, 0.29) is 22.4 Å². The summed E-state index contributed by atoms with van der Waals surface area (Å²) in [4.78, 5) is 12.1. The molecule has 3 nitrogen and oxygen atoms in total. The second kappa shape index (κ2) is 3.94. The summed E-state index contributed by atoms with van der Waals surface area (Å²) in [5.41, 5.74) is -0.0296. The highest BCUT2D eigenvalue weighted by Crippen LogP contribution is 2.41. The van der Waals surface area contributed by atoms with Crippen molar-refractivity contribution in [3.63, 3.8) is 0 Å². The number of hydrogen-bond acceptors (Lipinski definition) is 3. The van der Waals surface area contributed by atoms with Crippen LogP contribution in [0.25, 0.3) is 0 Å². The minimum atomic E-state index is -0.512. The normalized spacial score (nSPS) is 29.3. The van der Waals surface area contributed by atoms with Crippen molar-refractivity contribution in [2.45, 2.75) is 65.6 Å². The van der Waals surface area contributed by atoms with E-state index in [0.717, 1.165) is 6.42 Å². The molecule has 0 unspecified atom stereocenters. The van der Waals surface area contributed by atoms with Crippen molar-refractivity contribution in [3.8, 4) is 0 Å². The maximum atomic E-state index is 12.1. The van der Waals surface area contributed by atoms with E-state index in [9.17, 15) is 4.79 Å². The van der Waals surface area contributed by atoms with Gasteiger partial charge in [-0.15, -0.1) is 0 Å². The molecule has 0 aromatic carbocycles. The van der Waals surface area contributed by atoms with Gasteiger partial charge in [0.05, 0.1) is 11.2 Å². The Bertz CT molecular complexity index is 391. The molecule has 1 aliphatic heterocycles. The average Bonchev–Trinajstić information content (AvgIpc) is 2.40. The molecule has 1 aliphatic carbocycles. The van der Waals surface area contributed by atoms with Crippen LogP contribution in [0.4, 0.5) is 0 Å². The van der Waals surface area contributed by atoms with E-state index in [2.05, 4.69) is 13.8 Å². The van der Waals surface area contributed by atoms with Crippen molar-refractivity contribution in [2.24, 2.45) is 5.41 Å². The van der Waals surface area contributed by atoms with Gasteiger partial charge in [0.25, 0.3) is 0 Å². The number of hydrogen-bond donors (Lipinski definition) is 0. The fourth-order valence-corrected chi connectivity index (χ4v) is 2.32. The molecule has 2 aliphatic rings.